The Morgan fingerprint density at radius 3 is 2.30 bits per heavy atom. The van der Waals surface area contributed by atoms with Crippen molar-refractivity contribution < 1.29 is 14.3 Å². The fourth-order valence-corrected chi connectivity index (χ4v) is 6.83. The lowest BCUT2D eigenvalue weighted by Crippen LogP contribution is -2.50. The number of amides is 1. The number of piperidine rings is 1. The van der Waals surface area contributed by atoms with E-state index >= 15 is 0 Å². The Bertz CT molecular complexity index is 1160. The maximum Gasteiger partial charge on any atom is 0.325 e. The molecule has 3 fully saturated rings. The number of ether oxygens (including phenoxy) is 1. The molecule has 9 heteroatoms. The first-order valence-corrected chi connectivity index (χ1v) is 13.9. The molecular weight excluding hydrogens is 470 g/mol. The van der Waals surface area contributed by atoms with E-state index in [1.165, 1.54) is 64.9 Å². The molecule has 1 unspecified atom stereocenters. The highest BCUT2D eigenvalue weighted by atomic mass is 16.5. The van der Waals surface area contributed by atoms with Crippen molar-refractivity contribution in [2.75, 3.05) is 25.5 Å². The van der Waals surface area contributed by atoms with Crippen LogP contribution in [0.3, 0.4) is 0 Å². The molecule has 1 aromatic carbocycles. The fourth-order valence-electron chi connectivity index (χ4n) is 6.83. The number of carbonyl (C=O) groups excluding carboxylic acids is 2. The van der Waals surface area contributed by atoms with Crippen LogP contribution in [0.15, 0.2) is 29.1 Å². The van der Waals surface area contributed by atoms with Gasteiger partial charge >= 0.3 is 5.97 Å². The summed E-state index contributed by atoms with van der Waals surface area (Å²) in [6, 6.07) is 9.58. The van der Waals surface area contributed by atoms with Crippen LogP contribution in [-0.2, 0) is 14.3 Å². The Morgan fingerprint density at radius 2 is 1.59 bits per heavy atom. The lowest BCUT2D eigenvalue weighted by molar-refractivity contribution is -0.140. The van der Waals surface area contributed by atoms with Crippen molar-refractivity contribution in [3.63, 3.8) is 0 Å². The van der Waals surface area contributed by atoms with E-state index in [1.807, 2.05) is 28.8 Å². The predicted molar refractivity (Wildman–Crippen MR) is 143 cm³/mol. The number of para-hydroxylation sites is 2. The number of hydrogen-bond donors (Lipinski definition) is 2. The van der Waals surface area contributed by atoms with Gasteiger partial charge in [0.05, 0.1) is 24.7 Å². The summed E-state index contributed by atoms with van der Waals surface area (Å²) in [6.45, 7) is -0.363. The summed E-state index contributed by atoms with van der Waals surface area (Å²) in [5.41, 5.74) is 1.38. The molecule has 1 amide bonds. The molecule has 3 heterocycles. The van der Waals surface area contributed by atoms with Crippen molar-refractivity contribution >= 4 is 28.7 Å². The normalized spacial score (nSPS) is 24.8. The summed E-state index contributed by atoms with van der Waals surface area (Å²) >= 11 is 0. The molecule has 3 aliphatic rings. The molecule has 37 heavy (non-hydrogen) atoms. The van der Waals surface area contributed by atoms with E-state index in [2.05, 4.69) is 25.3 Å². The fraction of sp³-hybridized carbons (Fsp3) is 0.643. The van der Waals surface area contributed by atoms with Gasteiger partial charge in [0.2, 0.25) is 5.91 Å². The summed E-state index contributed by atoms with van der Waals surface area (Å²) in [6.07, 6.45) is 13.7. The highest BCUT2D eigenvalue weighted by Crippen LogP contribution is 2.44. The minimum atomic E-state index is -0.528. The molecule has 0 radical (unpaired) electrons. The zero-order chi connectivity index (χ0) is 25.8. The zero-order valence-corrected chi connectivity index (χ0v) is 21.8. The monoisotopic (exact) mass is 509 g/mol. The molecule has 1 aliphatic carbocycles. The third kappa shape index (κ3) is 5.66. The number of esters is 1. The number of rotatable bonds is 7. The van der Waals surface area contributed by atoms with Gasteiger partial charge in [-0.05, 0) is 50.7 Å². The van der Waals surface area contributed by atoms with Gasteiger partial charge in [0.1, 0.15) is 6.54 Å². The lowest BCUT2D eigenvalue weighted by atomic mass is 9.89. The Morgan fingerprint density at radius 1 is 0.919 bits per heavy atom. The topological polar surface area (TPSA) is 106 Å². The number of methoxy groups -OCH3 is 1. The number of hydrogen-bond acceptors (Lipinski definition) is 7. The van der Waals surface area contributed by atoms with Gasteiger partial charge in [-0.25, -0.2) is 4.98 Å². The molecule has 1 saturated carbocycles. The summed E-state index contributed by atoms with van der Waals surface area (Å²) in [7, 11) is 1.27. The first kappa shape index (κ1) is 25.7. The van der Waals surface area contributed by atoms with Crippen LogP contribution in [0.25, 0.3) is 11.0 Å². The standard InChI is InChI=1S/C28H39N5O4/c1-37-26(35)18-29-25(34)17-30-27-28(36)33(24-12-8-7-11-23(24)31-27)22-15-20-13-14-21(16-22)32(20)19-9-5-3-2-4-6-10-19/h7-8,11-12,19-22H,2-6,9-10,13-18H2,1H3,(H,29,34)(H,30,31)/t20-,21+,22?. The van der Waals surface area contributed by atoms with Crippen molar-refractivity contribution in [1.82, 2.24) is 19.8 Å². The van der Waals surface area contributed by atoms with Crippen LogP contribution in [0.5, 0.6) is 0 Å². The highest BCUT2D eigenvalue weighted by molar-refractivity contribution is 5.85. The van der Waals surface area contributed by atoms with Crippen molar-refractivity contribution in [3.8, 4) is 0 Å². The van der Waals surface area contributed by atoms with Gasteiger partial charge in [0, 0.05) is 24.2 Å². The maximum atomic E-state index is 13.7. The van der Waals surface area contributed by atoms with Gasteiger partial charge in [-0.3, -0.25) is 19.3 Å². The van der Waals surface area contributed by atoms with E-state index in [0.29, 0.717) is 18.1 Å². The molecule has 0 spiro atoms. The minimum absolute atomic E-state index is 0.108. The number of fused-ring (bicyclic) bond motifs is 3. The Labute approximate surface area is 218 Å². The van der Waals surface area contributed by atoms with Crippen molar-refractivity contribution in [1.29, 1.82) is 0 Å². The van der Waals surface area contributed by atoms with E-state index < -0.39 is 11.9 Å². The van der Waals surface area contributed by atoms with Gasteiger partial charge in [-0.1, -0.05) is 44.2 Å². The predicted octanol–water partition coefficient (Wildman–Crippen LogP) is 3.38. The van der Waals surface area contributed by atoms with Crippen LogP contribution >= 0.6 is 0 Å². The smallest absolute Gasteiger partial charge is 0.325 e. The van der Waals surface area contributed by atoms with E-state index in [-0.39, 0.29) is 30.5 Å². The number of benzene rings is 1. The quantitative estimate of drug-likeness (QED) is 0.551. The maximum absolute atomic E-state index is 13.7. The molecule has 1 aromatic heterocycles. The largest absolute Gasteiger partial charge is 0.468 e. The highest BCUT2D eigenvalue weighted by Gasteiger charge is 2.44. The van der Waals surface area contributed by atoms with E-state index in [0.717, 1.165) is 23.9 Å². The Balaban J connectivity index is 1.36. The average molecular weight is 510 g/mol. The van der Waals surface area contributed by atoms with E-state index in [9.17, 15) is 14.4 Å². The summed E-state index contributed by atoms with van der Waals surface area (Å²) in [5, 5.41) is 5.40. The molecule has 200 valence electrons. The molecule has 5 rings (SSSR count). The first-order chi connectivity index (χ1) is 18.0. The van der Waals surface area contributed by atoms with Gasteiger partial charge in [-0.2, -0.15) is 0 Å². The van der Waals surface area contributed by atoms with E-state index in [1.54, 1.807) is 0 Å². The second kappa shape index (κ2) is 11.6. The van der Waals surface area contributed by atoms with Crippen LogP contribution in [0.4, 0.5) is 5.82 Å². The zero-order valence-electron chi connectivity index (χ0n) is 21.8. The van der Waals surface area contributed by atoms with Crippen LogP contribution in [0, 0.1) is 0 Å². The van der Waals surface area contributed by atoms with Crippen molar-refractivity contribution in [2.24, 2.45) is 0 Å². The molecule has 3 atom stereocenters. The second-order valence-corrected chi connectivity index (χ2v) is 10.8. The lowest BCUT2D eigenvalue weighted by Gasteiger charge is -2.45. The van der Waals surface area contributed by atoms with Crippen molar-refractivity contribution in [3.05, 3.63) is 34.6 Å². The summed E-state index contributed by atoms with van der Waals surface area (Å²) < 4.78 is 6.48. The SMILES string of the molecule is COC(=O)CNC(=O)CNc1nc2ccccc2n(C2C[C@H]3CC[C@@H](C2)N3C2CCCCCCC2)c1=O. The number of carbonyl (C=O) groups is 2. The van der Waals surface area contributed by atoms with E-state index in [4.69, 9.17) is 0 Å². The van der Waals surface area contributed by atoms with Gasteiger partial charge in [0.15, 0.2) is 5.82 Å². The van der Waals surface area contributed by atoms with Gasteiger partial charge < -0.3 is 19.9 Å². The third-order valence-electron chi connectivity index (χ3n) is 8.50. The summed E-state index contributed by atoms with van der Waals surface area (Å²) in [4.78, 5) is 44.6. The Kier molecular flexibility index (Phi) is 8.08. The number of anilines is 1. The number of nitrogens with one attached hydrogen (secondary N) is 2. The van der Waals surface area contributed by atoms with Crippen LogP contribution in [-0.4, -0.2) is 64.7 Å². The third-order valence-corrected chi connectivity index (χ3v) is 8.50. The van der Waals surface area contributed by atoms with Crippen LogP contribution in [0.1, 0.15) is 76.7 Å². The minimum Gasteiger partial charge on any atom is -0.468 e. The number of aromatic nitrogens is 2. The molecule has 2 bridgehead atoms. The number of nitrogens with zero attached hydrogens (tertiary/aromatic N) is 3. The molecule has 2 N–H and O–H groups in total. The molecule has 2 saturated heterocycles. The Hall–Kier alpha value is -2.94. The molecule has 2 aliphatic heterocycles. The van der Waals surface area contributed by atoms with Crippen LogP contribution < -0.4 is 16.2 Å². The first-order valence-electron chi connectivity index (χ1n) is 13.9. The molecule has 9 nitrogen and oxygen atoms in total. The van der Waals surface area contributed by atoms with Crippen molar-refractivity contribution in [2.45, 2.75) is 94.8 Å². The summed E-state index contributed by atoms with van der Waals surface area (Å²) in [5.74, 6) is -0.765. The molecular formula is C28H39N5O4. The molecule has 2 aromatic rings. The average Bonchev–Trinajstić information content (AvgIpc) is 3.14. The van der Waals surface area contributed by atoms with Gasteiger partial charge in [-0.15, -0.1) is 0 Å². The second-order valence-electron chi connectivity index (χ2n) is 10.8. The van der Waals surface area contributed by atoms with Crippen LogP contribution in [0.2, 0.25) is 0 Å². The van der Waals surface area contributed by atoms with Gasteiger partial charge in [0.25, 0.3) is 5.56 Å².